The molecule has 0 bridgehead atoms. The zero-order valence-corrected chi connectivity index (χ0v) is 15.9. The first-order valence-corrected chi connectivity index (χ1v) is 10.0. The van der Waals surface area contributed by atoms with Crippen LogP contribution >= 0.6 is 11.3 Å². The molecule has 7 heteroatoms. The standard InChI is InChI=1S/C20H21FN4OS/c1-2-14-10-15-18(22-12-23-20(15)27-14)25-9-5-6-13(11-25)19(26)24-17-8-4-3-7-16(17)21/h3-4,7-8,10,12-13H,2,5-6,9,11H2,1H3,(H,24,26)/t13-/m0/s1. The van der Waals surface area contributed by atoms with Crippen LogP contribution in [0, 0.1) is 11.7 Å². The molecular formula is C20H21FN4OS. The van der Waals surface area contributed by atoms with Gasteiger partial charge in [-0.05, 0) is 37.5 Å². The van der Waals surface area contributed by atoms with Gasteiger partial charge in [-0.1, -0.05) is 19.1 Å². The quantitative estimate of drug-likeness (QED) is 0.731. The van der Waals surface area contributed by atoms with Gasteiger partial charge in [0, 0.05) is 18.0 Å². The van der Waals surface area contributed by atoms with E-state index < -0.39 is 5.82 Å². The SMILES string of the molecule is CCc1cc2c(N3CCC[C@H](C(=O)Nc4ccccc4F)C3)ncnc2s1. The largest absolute Gasteiger partial charge is 0.355 e. The Morgan fingerprint density at radius 1 is 1.37 bits per heavy atom. The molecule has 0 saturated carbocycles. The van der Waals surface area contributed by atoms with Crippen molar-refractivity contribution in [3.8, 4) is 0 Å². The number of nitrogens with one attached hydrogen (secondary N) is 1. The summed E-state index contributed by atoms with van der Waals surface area (Å²) in [6.45, 7) is 3.55. The molecule has 140 valence electrons. The van der Waals surface area contributed by atoms with E-state index in [1.54, 1.807) is 35.9 Å². The van der Waals surface area contributed by atoms with Crippen LogP contribution in [0.2, 0.25) is 0 Å². The Morgan fingerprint density at radius 3 is 3.04 bits per heavy atom. The highest BCUT2D eigenvalue weighted by Gasteiger charge is 2.28. The van der Waals surface area contributed by atoms with Gasteiger partial charge in [0.05, 0.1) is 17.0 Å². The van der Waals surface area contributed by atoms with E-state index in [9.17, 15) is 9.18 Å². The molecule has 1 saturated heterocycles. The second-order valence-corrected chi connectivity index (χ2v) is 7.85. The fraction of sp³-hybridized carbons (Fsp3) is 0.350. The first kappa shape index (κ1) is 17.9. The molecule has 1 aromatic carbocycles. The lowest BCUT2D eigenvalue weighted by Gasteiger charge is -2.33. The predicted molar refractivity (Wildman–Crippen MR) is 107 cm³/mol. The van der Waals surface area contributed by atoms with Crippen LogP contribution in [0.4, 0.5) is 15.9 Å². The Labute approximate surface area is 161 Å². The number of thiophene rings is 1. The number of benzene rings is 1. The van der Waals surface area contributed by atoms with Gasteiger partial charge < -0.3 is 10.2 Å². The van der Waals surface area contributed by atoms with Gasteiger partial charge in [-0.2, -0.15) is 0 Å². The average molecular weight is 384 g/mol. The molecule has 0 spiro atoms. The molecule has 2 aromatic heterocycles. The summed E-state index contributed by atoms with van der Waals surface area (Å²) in [4.78, 5) is 26.0. The summed E-state index contributed by atoms with van der Waals surface area (Å²) in [5.41, 5.74) is 0.231. The molecule has 4 rings (SSSR count). The number of piperidine rings is 1. The van der Waals surface area contributed by atoms with Crippen LogP contribution in [0.5, 0.6) is 0 Å². The van der Waals surface area contributed by atoms with Crippen molar-refractivity contribution >= 4 is 39.0 Å². The molecule has 0 unspecified atom stereocenters. The highest BCUT2D eigenvalue weighted by Crippen LogP contribution is 2.32. The van der Waals surface area contributed by atoms with Crippen molar-refractivity contribution in [2.24, 2.45) is 5.92 Å². The highest BCUT2D eigenvalue weighted by molar-refractivity contribution is 7.18. The molecule has 0 radical (unpaired) electrons. The van der Waals surface area contributed by atoms with Crippen molar-refractivity contribution in [2.75, 3.05) is 23.3 Å². The number of aromatic nitrogens is 2. The van der Waals surface area contributed by atoms with Gasteiger partial charge >= 0.3 is 0 Å². The average Bonchev–Trinajstić information content (AvgIpc) is 3.13. The van der Waals surface area contributed by atoms with E-state index in [0.717, 1.165) is 41.8 Å². The molecule has 1 atom stereocenters. The lowest BCUT2D eigenvalue weighted by atomic mass is 9.96. The molecular weight excluding hydrogens is 363 g/mol. The number of carbonyl (C=O) groups is 1. The molecule has 1 amide bonds. The summed E-state index contributed by atoms with van der Waals surface area (Å²) < 4.78 is 13.8. The van der Waals surface area contributed by atoms with Crippen LogP contribution in [-0.4, -0.2) is 29.0 Å². The summed E-state index contributed by atoms with van der Waals surface area (Å²) in [7, 11) is 0. The second-order valence-electron chi connectivity index (χ2n) is 6.74. The van der Waals surface area contributed by atoms with Gasteiger partial charge in [-0.3, -0.25) is 4.79 Å². The summed E-state index contributed by atoms with van der Waals surface area (Å²) in [5.74, 6) is 0.128. The number of halogens is 1. The fourth-order valence-electron chi connectivity index (χ4n) is 3.50. The van der Waals surface area contributed by atoms with E-state index in [1.807, 2.05) is 0 Å². The fourth-order valence-corrected chi connectivity index (χ4v) is 4.43. The predicted octanol–water partition coefficient (Wildman–Crippen LogP) is 4.25. The molecule has 1 aliphatic heterocycles. The summed E-state index contributed by atoms with van der Waals surface area (Å²) >= 11 is 1.69. The molecule has 3 aromatic rings. The number of hydrogen-bond donors (Lipinski definition) is 1. The first-order valence-electron chi connectivity index (χ1n) is 9.19. The summed E-state index contributed by atoms with van der Waals surface area (Å²) in [6.07, 6.45) is 4.24. The number of nitrogens with zero attached hydrogens (tertiary/aromatic N) is 3. The Kier molecular flexibility index (Phi) is 5.03. The number of aryl methyl sites for hydroxylation is 1. The van der Waals surface area contributed by atoms with Crippen LogP contribution in [0.15, 0.2) is 36.7 Å². The third-order valence-electron chi connectivity index (χ3n) is 4.93. The van der Waals surface area contributed by atoms with Crippen molar-refractivity contribution < 1.29 is 9.18 Å². The van der Waals surface area contributed by atoms with Crippen LogP contribution in [-0.2, 0) is 11.2 Å². The molecule has 5 nitrogen and oxygen atoms in total. The third-order valence-corrected chi connectivity index (χ3v) is 6.12. The van der Waals surface area contributed by atoms with Crippen LogP contribution in [0.1, 0.15) is 24.6 Å². The molecule has 0 aliphatic carbocycles. The monoisotopic (exact) mass is 384 g/mol. The Morgan fingerprint density at radius 2 is 2.22 bits per heavy atom. The number of hydrogen-bond acceptors (Lipinski definition) is 5. The Hall–Kier alpha value is -2.54. The lowest BCUT2D eigenvalue weighted by Crippen LogP contribution is -2.41. The van der Waals surface area contributed by atoms with Gasteiger partial charge in [-0.25, -0.2) is 14.4 Å². The minimum absolute atomic E-state index is 0.144. The van der Waals surface area contributed by atoms with E-state index >= 15 is 0 Å². The van der Waals surface area contributed by atoms with Crippen LogP contribution in [0.3, 0.4) is 0 Å². The van der Waals surface area contributed by atoms with E-state index in [-0.39, 0.29) is 17.5 Å². The highest BCUT2D eigenvalue weighted by atomic mass is 32.1. The van der Waals surface area contributed by atoms with Crippen molar-refractivity contribution in [2.45, 2.75) is 26.2 Å². The number of carbonyl (C=O) groups excluding carboxylic acids is 1. The summed E-state index contributed by atoms with van der Waals surface area (Å²) in [6, 6.07) is 8.41. The number of anilines is 2. The molecule has 1 aliphatic rings. The number of fused-ring (bicyclic) bond motifs is 1. The van der Waals surface area contributed by atoms with Gasteiger partial charge in [0.15, 0.2) is 0 Å². The topological polar surface area (TPSA) is 58.1 Å². The zero-order valence-electron chi connectivity index (χ0n) is 15.1. The van der Waals surface area contributed by atoms with Crippen molar-refractivity contribution in [1.29, 1.82) is 0 Å². The van der Waals surface area contributed by atoms with Gasteiger partial charge in [-0.15, -0.1) is 11.3 Å². The minimum Gasteiger partial charge on any atom is -0.355 e. The minimum atomic E-state index is -0.415. The van der Waals surface area contributed by atoms with Crippen molar-refractivity contribution in [3.05, 3.63) is 47.4 Å². The van der Waals surface area contributed by atoms with Crippen LogP contribution < -0.4 is 10.2 Å². The van der Waals surface area contributed by atoms with E-state index in [1.165, 1.54) is 10.9 Å². The summed E-state index contributed by atoms with van der Waals surface area (Å²) in [5, 5.41) is 3.78. The normalized spacial score (nSPS) is 17.3. The zero-order chi connectivity index (χ0) is 18.8. The van der Waals surface area contributed by atoms with Gasteiger partial charge in [0.25, 0.3) is 0 Å². The maximum Gasteiger partial charge on any atom is 0.229 e. The maximum atomic E-state index is 13.8. The molecule has 1 fully saturated rings. The molecule has 27 heavy (non-hydrogen) atoms. The lowest BCUT2D eigenvalue weighted by molar-refractivity contribution is -0.120. The van der Waals surface area contributed by atoms with Gasteiger partial charge in [0.1, 0.15) is 22.8 Å². The van der Waals surface area contributed by atoms with E-state index in [0.29, 0.717) is 6.54 Å². The van der Waals surface area contributed by atoms with Crippen molar-refractivity contribution in [1.82, 2.24) is 9.97 Å². The van der Waals surface area contributed by atoms with Crippen LogP contribution in [0.25, 0.3) is 10.2 Å². The van der Waals surface area contributed by atoms with E-state index in [4.69, 9.17) is 0 Å². The number of rotatable bonds is 4. The molecule has 1 N–H and O–H groups in total. The third kappa shape index (κ3) is 3.64. The van der Waals surface area contributed by atoms with Gasteiger partial charge in [0.2, 0.25) is 5.91 Å². The van der Waals surface area contributed by atoms with Crippen molar-refractivity contribution in [3.63, 3.8) is 0 Å². The Balaban J connectivity index is 1.54. The Bertz CT molecular complexity index is 974. The smallest absolute Gasteiger partial charge is 0.229 e. The maximum absolute atomic E-state index is 13.8. The second kappa shape index (κ2) is 7.60. The number of amides is 1. The molecule has 3 heterocycles. The van der Waals surface area contributed by atoms with E-state index in [2.05, 4.69) is 33.2 Å². The first-order chi connectivity index (χ1) is 13.2. The number of para-hydroxylation sites is 1.